The number of fused-ring (bicyclic) bond motifs is 2. The summed E-state index contributed by atoms with van der Waals surface area (Å²) in [5, 5.41) is 15.4. The molecule has 0 saturated heterocycles. The van der Waals surface area contributed by atoms with Crippen LogP contribution in [0, 0.1) is 5.21 Å². The number of aromatic nitrogens is 3. The van der Waals surface area contributed by atoms with Crippen LogP contribution in [0.3, 0.4) is 0 Å². The molecular formula is C18H21N5O2. The van der Waals surface area contributed by atoms with E-state index in [1.807, 2.05) is 0 Å². The van der Waals surface area contributed by atoms with Crippen molar-refractivity contribution in [1.29, 1.82) is 0 Å². The maximum atomic E-state index is 12.6. The molecule has 2 heterocycles. The van der Waals surface area contributed by atoms with E-state index in [2.05, 4.69) is 34.0 Å². The Hall–Kier alpha value is -2.80. The third-order valence-corrected chi connectivity index (χ3v) is 4.29. The number of amides is 1. The van der Waals surface area contributed by atoms with Crippen LogP contribution in [0.4, 0.5) is 0 Å². The van der Waals surface area contributed by atoms with Crippen molar-refractivity contribution in [2.45, 2.75) is 13.8 Å². The third-order valence-electron chi connectivity index (χ3n) is 4.29. The SMILES string of the molecule is CCN(CC)CCNC(=O)c1cccc2c1nc1ncccc1[n+]2[O-]. The number of para-hydroxylation sites is 1. The molecule has 1 N–H and O–H groups in total. The van der Waals surface area contributed by atoms with Crippen molar-refractivity contribution < 1.29 is 9.52 Å². The van der Waals surface area contributed by atoms with Crippen molar-refractivity contribution in [3.63, 3.8) is 0 Å². The average Bonchev–Trinajstić information content (AvgIpc) is 2.65. The number of rotatable bonds is 6. The van der Waals surface area contributed by atoms with E-state index < -0.39 is 0 Å². The monoisotopic (exact) mass is 339 g/mol. The van der Waals surface area contributed by atoms with Gasteiger partial charge in [0.1, 0.15) is 0 Å². The molecule has 0 aliphatic rings. The Kier molecular flexibility index (Phi) is 5.04. The lowest BCUT2D eigenvalue weighted by Crippen LogP contribution is -2.35. The number of nitrogens with zero attached hydrogens (tertiary/aromatic N) is 4. The molecule has 7 heteroatoms. The summed E-state index contributed by atoms with van der Waals surface area (Å²) in [7, 11) is 0. The molecule has 0 spiro atoms. The minimum atomic E-state index is -0.236. The maximum Gasteiger partial charge on any atom is 0.262 e. The van der Waals surface area contributed by atoms with E-state index >= 15 is 0 Å². The highest BCUT2D eigenvalue weighted by molar-refractivity contribution is 6.04. The Morgan fingerprint density at radius 3 is 2.72 bits per heavy atom. The third kappa shape index (κ3) is 3.36. The van der Waals surface area contributed by atoms with E-state index in [-0.39, 0.29) is 5.91 Å². The predicted molar refractivity (Wildman–Crippen MR) is 96.1 cm³/mol. The summed E-state index contributed by atoms with van der Waals surface area (Å²) in [6.45, 7) is 7.38. The lowest BCUT2D eigenvalue weighted by molar-refractivity contribution is -0.548. The van der Waals surface area contributed by atoms with Gasteiger partial charge in [-0.25, -0.2) is 9.97 Å². The Morgan fingerprint density at radius 2 is 1.96 bits per heavy atom. The van der Waals surface area contributed by atoms with E-state index in [9.17, 15) is 10.0 Å². The highest BCUT2D eigenvalue weighted by atomic mass is 16.5. The van der Waals surface area contributed by atoms with Gasteiger partial charge in [0.05, 0.1) is 5.56 Å². The minimum Gasteiger partial charge on any atom is -0.618 e. The molecule has 1 amide bonds. The highest BCUT2D eigenvalue weighted by Gasteiger charge is 2.18. The van der Waals surface area contributed by atoms with E-state index in [0.29, 0.717) is 34.3 Å². The zero-order valence-corrected chi connectivity index (χ0v) is 14.4. The summed E-state index contributed by atoms with van der Waals surface area (Å²) in [6, 6.07) is 8.39. The second-order valence-corrected chi connectivity index (χ2v) is 5.71. The number of hydrogen-bond donors (Lipinski definition) is 1. The van der Waals surface area contributed by atoms with Crippen LogP contribution in [0.2, 0.25) is 0 Å². The van der Waals surface area contributed by atoms with Crippen LogP contribution in [0.15, 0.2) is 36.5 Å². The quantitative estimate of drug-likeness (QED) is 0.418. The normalized spacial score (nSPS) is 11.3. The molecule has 25 heavy (non-hydrogen) atoms. The molecule has 0 atom stereocenters. The Labute approximate surface area is 145 Å². The van der Waals surface area contributed by atoms with Crippen LogP contribution in [0.5, 0.6) is 0 Å². The average molecular weight is 339 g/mol. The van der Waals surface area contributed by atoms with Crippen LogP contribution in [0.25, 0.3) is 22.2 Å². The highest BCUT2D eigenvalue weighted by Crippen LogP contribution is 2.16. The molecule has 0 radical (unpaired) electrons. The van der Waals surface area contributed by atoms with E-state index in [0.717, 1.165) is 24.4 Å². The van der Waals surface area contributed by atoms with Gasteiger partial charge in [0.2, 0.25) is 11.2 Å². The molecule has 0 fully saturated rings. The standard InChI is InChI=1S/C18H21N5O2/c1-3-22(4-2)12-11-20-18(24)13-7-5-8-14-16(13)21-17-15(23(14)25)9-6-10-19-17/h5-10H,3-4,11-12H2,1-2H3,(H,20,24). The molecule has 2 aromatic heterocycles. The molecule has 0 saturated carbocycles. The van der Waals surface area contributed by atoms with Crippen molar-refractivity contribution in [3.8, 4) is 0 Å². The fourth-order valence-corrected chi connectivity index (χ4v) is 2.83. The number of likely N-dealkylation sites (N-methyl/N-ethyl adjacent to an activating group) is 1. The maximum absolute atomic E-state index is 12.6. The summed E-state index contributed by atoms with van der Waals surface area (Å²) < 4.78 is 0.775. The smallest absolute Gasteiger partial charge is 0.262 e. The zero-order chi connectivity index (χ0) is 17.8. The largest absolute Gasteiger partial charge is 0.618 e. The first-order valence-corrected chi connectivity index (χ1v) is 8.43. The van der Waals surface area contributed by atoms with E-state index in [1.54, 1.807) is 36.5 Å². The first-order chi connectivity index (χ1) is 12.2. The lowest BCUT2D eigenvalue weighted by Gasteiger charge is -2.18. The molecule has 130 valence electrons. The summed E-state index contributed by atoms with van der Waals surface area (Å²) in [5.41, 5.74) is 1.82. The second-order valence-electron chi connectivity index (χ2n) is 5.71. The van der Waals surface area contributed by atoms with Crippen LogP contribution in [-0.2, 0) is 0 Å². The molecular weight excluding hydrogens is 318 g/mol. The van der Waals surface area contributed by atoms with E-state index in [4.69, 9.17) is 0 Å². The fraction of sp³-hybridized carbons (Fsp3) is 0.333. The van der Waals surface area contributed by atoms with Gasteiger partial charge in [0.15, 0.2) is 5.52 Å². The van der Waals surface area contributed by atoms with Crippen molar-refractivity contribution in [1.82, 2.24) is 20.2 Å². The predicted octanol–water partition coefficient (Wildman–Crippen LogP) is 1.49. The summed E-state index contributed by atoms with van der Waals surface area (Å²) in [5.74, 6) is -0.236. The molecule has 3 aromatic rings. The number of pyridine rings is 1. The van der Waals surface area contributed by atoms with Crippen LogP contribution < -0.4 is 10.0 Å². The molecule has 0 aliphatic carbocycles. The molecule has 1 aromatic carbocycles. The van der Waals surface area contributed by atoms with Crippen LogP contribution >= 0.6 is 0 Å². The Morgan fingerprint density at radius 1 is 1.20 bits per heavy atom. The first kappa shape index (κ1) is 17.0. The molecule has 0 aliphatic heterocycles. The van der Waals surface area contributed by atoms with Gasteiger partial charge in [-0.3, -0.25) is 4.79 Å². The fourth-order valence-electron chi connectivity index (χ4n) is 2.83. The molecule has 0 bridgehead atoms. The second kappa shape index (κ2) is 7.40. The van der Waals surface area contributed by atoms with Crippen molar-refractivity contribution >= 4 is 28.1 Å². The molecule has 3 rings (SSSR count). The number of hydrogen-bond acceptors (Lipinski definition) is 5. The van der Waals surface area contributed by atoms with Gasteiger partial charge in [0.25, 0.3) is 11.4 Å². The van der Waals surface area contributed by atoms with Crippen LogP contribution in [0.1, 0.15) is 24.2 Å². The van der Waals surface area contributed by atoms with Crippen molar-refractivity contribution in [3.05, 3.63) is 47.3 Å². The number of carbonyl (C=O) groups excluding carboxylic acids is 1. The number of nitrogens with one attached hydrogen (secondary N) is 1. The summed E-state index contributed by atoms with van der Waals surface area (Å²) >= 11 is 0. The van der Waals surface area contributed by atoms with Crippen molar-refractivity contribution in [2.75, 3.05) is 26.2 Å². The lowest BCUT2D eigenvalue weighted by atomic mass is 10.1. The number of carbonyl (C=O) groups is 1. The molecule has 7 nitrogen and oxygen atoms in total. The van der Waals surface area contributed by atoms with Gasteiger partial charge in [-0.15, -0.1) is 0 Å². The zero-order valence-electron chi connectivity index (χ0n) is 14.4. The summed E-state index contributed by atoms with van der Waals surface area (Å²) in [6.07, 6.45) is 1.58. The van der Waals surface area contributed by atoms with Gasteiger partial charge in [-0.05, 0) is 25.2 Å². The van der Waals surface area contributed by atoms with Crippen LogP contribution in [-0.4, -0.2) is 47.0 Å². The topological polar surface area (TPSA) is 85.1 Å². The van der Waals surface area contributed by atoms with E-state index in [1.165, 1.54) is 0 Å². The first-order valence-electron chi connectivity index (χ1n) is 8.43. The minimum absolute atomic E-state index is 0.236. The van der Waals surface area contributed by atoms with Crippen molar-refractivity contribution in [2.24, 2.45) is 0 Å². The van der Waals surface area contributed by atoms with Gasteiger partial charge in [0, 0.05) is 31.4 Å². The van der Waals surface area contributed by atoms with Gasteiger partial charge in [-0.2, -0.15) is 4.73 Å². The number of benzene rings is 1. The van der Waals surface area contributed by atoms with Gasteiger partial charge < -0.3 is 15.4 Å². The Bertz CT molecular complexity index is 908. The summed E-state index contributed by atoms with van der Waals surface area (Å²) in [4.78, 5) is 23.4. The molecule has 0 unspecified atom stereocenters. The Balaban J connectivity index is 1.92. The van der Waals surface area contributed by atoms with Gasteiger partial charge >= 0.3 is 0 Å². The van der Waals surface area contributed by atoms with Gasteiger partial charge in [-0.1, -0.05) is 19.9 Å².